The number of para-hydroxylation sites is 1. The monoisotopic (exact) mass is 364 g/mol. The van der Waals surface area contributed by atoms with E-state index in [1.54, 1.807) is 30.3 Å². The molecule has 0 saturated carbocycles. The first-order valence-corrected chi connectivity index (χ1v) is 9.07. The second-order valence-electron chi connectivity index (χ2n) is 6.61. The number of amides is 1. The van der Waals surface area contributed by atoms with Crippen molar-refractivity contribution in [2.75, 3.05) is 25.1 Å². The summed E-state index contributed by atoms with van der Waals surface area (Å²) in [6, 6.07) is 15.8. The number of benzene rings is 2. The van der Waals surface area contributed by atoms with Gasteiger partial charge in [0.15, 0.2) is 0 Å². The molecule has 5 heteroatoms. The van der Waals surface area contributed by atoms with Crippen molar-refractivity contribution in [3.05, 3.63) is 71.3 Å². The van der Waals surface area contributed by atoms with Crippen molar-refractivity contribution in [2.45, 2.75) is 19.4 Å². The molecule has 0 bridgehead atoms. The number of carbonyl (C=O) groups excluding carboxylic acids is 2. The van der Waals surface area contributed by atoms with Crippen molar-refractivity contribution >= 4 is 23.6 Å². The molecule has 0 spiro atoms. The molecule has 1 atom stereocenters. The topological polar surface area (TPSA) is 58.6 Å². The van der Waals surface area contributed by atoms with Crippen LogP contribution in [0.3, 0.4) is 0 Å². The number of hydrogen-bond acceptors (Lipinski definition) is 4. The fourth-order valence-corrected chi connectivity index (χ4v) is 3.35. The standard InChI is InChI=1S/C22H24N2O3/c1-16-15-19-5-3-4-6-20(19)24(16)14-13-23-21(25)12-9-17-7-10-18(11-8-17)22(26)27-2/h3-12,16H,13-15H2,1-2H3,(H,23,25). The maximum atomic E-state index is 12.0. The normalized spacial score (nSPS) is 15.6. The van der Waals surface area contributed by atoms with Crippen LogP contribution in [0.25, 0.3) is 6.08 Å². The van der Waals surface area contributed by atoms with Crippen LogP contribution in [0.2, 0.25) is 0 Å². The van der Waals surface area contributed by atoms with Gasteiger partial charge < -0.3 is 15.0 Å². The number of methoxy groups -OCH3 is 1. The third-order valence-electron chi connectivity index (χ3n) is 4.76. The summed E-state index contributed by atoms with van der Waals surface area (Å²) in [7, 11) is 1.35. The number of anilines is 1. The molecule has 1 unspecified atom stereocenters. The van der Waals surface area contributed by atoms with Crippen LogP contribution in [0.4, 0.5) is 5.69 Å². The first kappa shape index (κ1) is 18.7. The lowest BCUT2D eigenvalue weighted by Crippen LogP contribution is -2.37. The minimum absolute atomic E-state index is 0.132. The maximum absolute atomic E-state index is 12.0. The number of nitrogens with one attached hydrogen (secondary N) is 1. The van der Waals surface area contributed by atoms with E-state index in [1.165, 1.54) is 24.4 Å². The molecular weight excluding hydrogens is 340 g/mol. The Hall–Kier alpha value is -3.08. The van der Waals surface area contributed by atoms with Gasteiger partial charge in [-0.1, -0.05) is 30.3 Å². The summed E-state index contributed by atoms with van der Waals surface area (Å²) in [6.45, 7) is 3.58. The summed E-state index contributed by atoms with van der Waals surface area (Å²) >= 11 is 0. The van der Waals surface area contributed by atoms with E-state index in [2.05, 4.69) is 46.1 Å². The van der Waals surface area contributed by atoms with Crippen molar-refractivity contribution < 1.29 is 14.3 Å². The molecule has 1 N–H and O–H groups in total. The summed E-state index contributed by atoms with van der Waals surface area (Å²) in [5, 5.41) is 2.93. The molecule has 0 radical (unpaired) electrons. The van der Waals surface area contributed by atoms with Gasteiger partial charge in [-0.3, -0.25) is 4.79 Å². The first-order chi connectivity index (χ1) is 13.1. The number of ether oxygens (including phenoxy) is 1. The lowest BCUT2D eigenvalue weighted by molar-refractivity contribution is -0.116. The average molecular weight is 364 g/mol. The highest BCUT2D eigenvalue weighted by Crippen LogP contribution is 2.31. The van der Waals surface area contributed by atoms with Gasteiger partial charge >= 0.3 is 5.97 Å². The van der Waals surface area contributed by atoms with Gasteiger partial charge in [-0.15, -0.1) is 0 Å². The molecule has 2 aromatic rings. The molecule has 2 aromatic carbocycles. The van der Waals surface area contributed by atoms with E-state index in [-0.39, 0.29) is 11.9 Å². The predicted molar refractivity (Wildman–Crippen MR) is 107 cm³/mol. The minimum atomic E-state index is -0.374. The number of hydrogen-bond donors (Lipinski definition) is 1. The number of carbonyl (C=O) groups is 2. The van der Waals surface area contributed by atoms with E-state index in [0.29, 0.717) is 18.2 Å². The van der Waals surface area contributed by atoms with Gasteiger partial charge in [0.1, 0.15) is 0 Å². The van der Waals surface area contributed by atoms with E-state index < -0.39 is 0 Å². The van der Waals surface area contributed by atoms with E-state index in [1.807, 2.05) is 0 Å². The molecule has 140 valence electrons. The van der Waals surface area contributed by atoms with Crippen molar-refractivity contribution in [1.29, 1.82) is 0 Å². The van der Waals surface area contributed by atoms with Crippen molar-refractivity contribution in [2.24, 2.45) is 0 Å². The van der Waals surface area contributed by atoms with Gasteiger partial charge in [0.05, 0.1) is 12.7 Å². The molecule has 0 saturated heterocycles. The Bertz CT molecular complexity index is 843. The largest absolute Gasteiger partial charge is 0.465 e. The predicted octanol–water partition coefficient (Wildman–Crippen LogP) is 3.05. The van der Waals surface area contributed by atoms with Crippen LogP contribution < -0.4 is 10.2 Å². The quantitative estimate of drug-likeness (QED) is 0.632. The number of fused-ring (bicyclic) bond motifs is 1. The summed E-state index contributed by atoms with van der Waals surface area (Å²) < 4.78 is 4.67. The van der Waals surface area contributed by atoms with E-state index in [9.17, 15) is 9.59 Å². The fourth-order valence-electron chi connectivity index (χ4n) is 3.35. The first-order valence-electron chi connectivity index (χ1n) is 9.07. The summed E-state index contributed by atoms with van der Waals surface area (Å²) in [5.41, 5.74) is 3.96. The molecule has 1 aliphatic heterocycles. The van der Waals surface area contributed by atoms with Gasteiger partial charge in [0.25, 0.3) is 0 Å². The van der Waals surface area contributed by atoms with E-state index in [0.717, 1.165) is 18.5 Å². The fraction of sp³-hybridized carbons (Fsp3) is 0.273. The molecule has 5 nitrogen and oxygen atoms in total. The Kier molecular flexibility index (Phi) is 5.91. The van der Waals surface area contributed by atoms with Gasteiger partial charge in [-0.2, -0.15) is 0 Å². The van der Waals surface area contributed by atoms with Crippen LogP contribution >= 0.6 is 0 Å². The Labute approximate surface area is 159 Å². The molecule has 1 heterocycles. The number of esters is 1. The maximum Gasteiger partial charge on any atom is 0.337 e. The lowest BCUT2D eigenvalue weighted by atomic mass is 10.1. The van der Waals surface area contributed by atoms with Gasteiger partial charge in [-0.05, 0) is 48.7 Å². The highest BCUT2D eigenvalue weighted by atomic mass is 16.5. The molecular formula is C22H24N2O3. The second-order valence-corrected chi connectivity index (χ2v) is 6.61. The summed E-state index contributed by atoms with van der Waals surface area (Å²) in [4.78, 5) is 25.8. The lowest BCUT2D eigenvalue weighted by Gasteiger charge is -2.24. The Balaban J connectivity index is 1.49. The van der Waals surface area contributed by atoms with Crippen LogP contribution in [-0.4, -0.2) is 38.1 Å². The smallest absolute Gasteiger partial charge is 0.337 e. The number of nitrogens with zero attached hydrogens (tertiary/aromatic N) is 1. The Morgan fingerprint density at radius 2 is 1.93 bits per heavy atom. The molecule has 27 heavy (non-hydrogen) atoms. The van der Waals surface area contributed by atoms with E-state index >= 15 is 0 Å². The van der Waals surface area contributed by atoms with Gasteiger partial charge in [0.2, 0.25) is 5.91 Å². The summed E-state index contributed by atoms with van der Waals surface area (Å²) in [6.07, 6.45) is 4.28. The molecule has 1 amide bonds. The Morgan fingerprint density at radius 1 is 1.19 bits per heavy atom. The van der Waals surface area contributed by atoms with Crippen molar-refractivity contribution in [3.8, 4) is 0 Å². The zero-order chi connectivity index (χ0) is 19.2. The van der Waals surface area contributed by atoms with Crippen LogP contribution in [-0.2, 0) is 16.0 Å². The second kappa shape index (κ2) is 8.54. The van der Waals surface area contributed by atoms with Crippen LogP contribution in [0.15, 0.2) is 54.6 Å². The Morgan fingerprint density at radius 3 is 2.67 bits per heavy atom. The zero-order valence-corrected chi connectivity index (χ0v) is 15.6. The SMILES string of the molecule is COC(=O)c1ccc(C=CC(=O)NCCN2c3ccccc3CC2C)cc1. The van der Waals surface area contributed by atoms with Crippen LogP contribution in [0, 0.1) is 0 Å². The zero-order valence-electron chi connectivity index (χ0n) is 15.6. The molecule has 0 aromatic heterocycles. The third-order valence-corrected chi connectivity index (χ3v) is 4.76. The average Bonchev–Trinajstić information content (AvgIpc) is 3.01. The highest BCUT2D eigenvalue weighted by molar-refractivity contribution is 5.92. The van der Waals surface area contributed by atoms with Gasteiger partial charge in [-0.25, -0.2) is 4.79 Å². The third kappa shape index (κ3) is 4.56. The van der Waals surface area contributed by atoms with Crippen LogP contribution in [0.1, 0.15) is 28.4 Å². The van der Waals surface area contributed by atoms with Crippen molar-refractivity contribution in [1.82, 2.24) is 5.32 Å². The highest BCUT2D eigenvalue weighted by Gasteiger charge is 2.24. The molecule has 0 aliphatic carbocycles. The molecule has 3 rings (SSSR count). The van der Waals surface area contributed by atoms with Gasteiger partial charge in [0, 0.05) is 30.9 Å². The minimum Gasteiger partial charge on any atom is -0.465 e. The molecule has 1 aliphatic rings. The summed E-state index contributed by atoms with van der Waals surface area (Å²) in [5.74, 6) is -0.506. The van der Waals surface area contributed by atoms with E-state index in [4.69, 9.17) is 0 Å². The number of rotatable bonds is 6. The van der Waals surface area contributed by atoms with Crippen molar-refractivity contribution in [3.63, 3.8) is 0 Å². The van der Waals surface area contributed by atoms with Crippen LogP contribution in [0.5, 0.6) is 0 Å². The molecule has 0 fully saturated rings.